The lowest BCUT2D eigenvalue weighted by molar-refractivity contribution is -0.133. The summed E-state index contributed by atoms with van der Waals surface area (Å²) in [7, 11) is 0. The Hall–Kier alpha value is -1.40. The van der Waals surface area contributed by atoms with Gasteiger partial charge in [0.1, 0.15) is 0 Å². The van der Waals surface area contributed by atoms with Crippen LogP contribution in [0, 0.1) is 19.8 Å². The zero-order chi connectivity index (χ0) is 18.4. The zero-order valence-electron chi connectivity index (χ0n) is 16.3. The molecule has 0 bridgehead atoms. The Labute approximate surface area is 151 Å². The van der Waals surface area contributed by atoms with Crippen molar-refractivity contribution in [1.82, 2.24) is 14.7 Å². The molecule has 1 aromatic heterocycles. The first-order valence-electron chi connectivity index (χ1n) is 9.54. The summed E-state index contributed by atoms with van der Waals surface area (Å²) >= 11 is 0. The Bertz CT molecular complexity index is 560. The van der Waals surface area contributed by atoms with Gasteiger partial charge in [0, 0.05) is 37.5 Å². The van der Waals surface area contributed by atoms with E-state index >= 15 is 0 Å². The van der Waals surface area contributed by atoms with Crippen molar-refractivity contribution in [2.75, 3.05) is 26.2 Å². The minimum absolute atomic E-state index is 0.204. The van der Waals surface area contributed by atoms with Gasteiger partial charge in [-0.1, -0.05) is 13.8 Å². The molecule has 0 saturated carbocycles. The molecule has 0 unspecified atom stereocenters. The normalized spacial score (nSPS) is 16.0. The number of carbonyl (C=O) groups excluding carboxylic acids is 1. The molecule has 2 N–H and O–H groups in total. The minimum atomic E-state index is 0.204. The monoisotopic (exact) mass is 350 g/mol. The van der Waals surface area contributed by atoms with Gasteiger partial charge in [0.05, 0.1) is 18.2 Å². The highest BCUT2D eigenvalue weighted by atomic mass is 16.5. The van der Waals surface area contributed by atoms with Crippen LogP contribution in [0.25, 0.3) is 0 Å². The van der Waals surface area contributed by atoms with Crippen molar-refractivity contribution in [2.24, 2.45) is 11.7 Å². The van der Waals surface area contributed by atoms with Crippen LogP contribution in [-0.2, 0) is 22.5 Å². The number of hydrogen-bond donors (Lipinski definition) is 1. The van der Waals surface area contributed by atoms with Crippen LogP contribution in [0.4, 0.5) is 0 Å². The lowest BCUT2D eigenvalue weighted by Gasteiger charge is -2.32. The first-order chi connectivity index (χ1) is 11.9. The van der Waals surface area contributed by atoms with E-state index in [0.717, 1.165) is 62.5 Å². The standard InChI is InChI=1S/C19H34N4O2/c1-14(2)13-23-16(4)18(15(3)21-23)12-19(24)22-9-6-17(7-10-22)25-11-5-8-20/h14,17H,5-13,20H2,1-4H3. The number of nitrogens with two attached hydrogens (primary N) is 1. The maximum Gasteiger partial charge on any atom is 0.227 e. The summed E-state index contributed by atoms with van der Waals surface area (Å²) in [5.41, 5.74) is 8.68. The fraction of sp³-hybridized carbons (Fsp3) is 0.789. The fourth-order valence-corrected chi connectivity index (χ4v) is 3.38. The molecule has 1 saturated heterocycles. The Kier molecular flexibility index (Phi) is 7.44. The highest BCUT2D eigenvalue weighted by molar-refractivity contribution is 5.79. The summed E-state index contributed by atoms with van der Waals surface area (Å²) in [6.45, 7) is 12.3. The maximum atomic E-state index is 12.7. The molecule has 1 aliphatic heterocycles. The number of carbonyl (C=O) groups is 1. The smallest absolute Gasteiger partial charge is 0.227 e. The van der Waals surface area contributed by atoms with Crippen molar-refractivity contribution in [1.29, 1.82) is 0 Å². The van der Waals surface area contributed by atoms with Gasteiger partial charge in [-0.25, -0.2) is 0 Å². The molecule has 2 heterocycles. The summed E-state index contributed by atoms with van der Waals surface area (Å²) in [6.07, 6.45) is 3.46. The number of aromatic nitrogens is 2. The van der Waals surface area contributed by atoms with Crippen molar-refractivity contribution >= 4 is 5.91 Å². The fourth-order valence-electron chi connectivity index (χ4n) is 3.38. The van der Waals surface area contributed by atoms with Crippen LogP contribution >= 0.6 is 0 Å². The van der Waals surface area contributed by atoms with Crippen LogP contribution in [-0.4, -0.2) is 52.9 Å². The van der Waals surface area contributed by atoms with Crippen LogP contribution < -0.4 is 5.73 Å². The van der Waals surface area contributed by atoms with Crippen LogP contribution in [0.5, 0.6) is 0 Å². The van der Waals surface area contributed by atoms with Crippen LogP contribution in [0.15, 0.2) is 0 Å². The molecule has 2 rings (SSSR count). The second-order valence-electron chi connectivity index (χ2n) is 7.50. The second kappa shape index (κ2) is 9.34. The van der Waals surface area contributed by atoms with Gasteiger partial charge < -0.3 is 15.4 Å². The minimum Gasteiger partial charge on any atom is -0.378 e. The quantitative estimate of drug-likeness (QED) is 0.728. The van der Waals surface area contributed by atoms with Crippen molar-refractivity contribution in [3.63, 3.8) is 0 Å². The van der Waals surface area contributed by atoms with E-state index in [-0.39, 0.29) is 12.0 Å². The molecular formula is C19H34N4O2. The van der Waals surface area contributed by atoms with Crippen molar-refractivity contribution < 1.29 is 9.53 Å². The van der Waals surface area contributed by atoms with E-state index in [4.69, 9.17) is 10.5 Å². The highest BCUT2D eigenvalue weighted by Gasteiger charge is 2.25. The largest absolute Gasteiger partial charge is 0.378 e. The summed E-state index contributed by atoms with van der Waals surface area (Å²) in [6, 6.07) is 0. The van der Waals surface area contributed by atoms with Crippen molar-refractivity contribution in [3.05, 3.63) is 17.0 Å². The average molecular weight is 351 g/mol. The third-order valence-electron chi connectivity index (χ3n) is 4.89. The molecule has 25 heavy (non-hydrogen) atoms. The summed E-state index contributed by atoms with van der Waals surface area (Å²) < 4.78 is 7.86. The van der Waals surface area contributed by atoms with Gasteiger partial charge in [0.15, 0.2) is 0 Å². The predicted octanol–water partition coefficient (Wildman–Crippen LogP) is 2.05. The average Bonchev–Trinajstić information content (AvgIpc) is 2.82. The van der Waals surface area contributed by atoms with E-state index < -0.39 is 0 Å². The van der Waals surface area contributed by atoms with E-state index in [9.17, 15) is 4.79 Å². The molecule has 0 spiro atoms. The molecule has 1 aliphatic rings. The van der Waals surface area contributed by atoms with E-state index in [1.54, 1.807) is 0 Å². The molecule has 1 fully saturated rings. The number of piperidine rings is 1. The first-order valence-corrected chi connectivity index (χ1v) is 9.54. The number of ether oxygens (including phenoxy) is 1. The van der Waals surface area contributed by atoms with Gasteiger partial charge in [-0.2, -0.15) is 5.10 Å². The SMILES string of the molecule is Cc1nn(CC(C)C)c(C)c1CC(=O)N1CCC(OCCCN)CC1. The van der Waals surface area contributed by atoms with Crippen LogP contribution in [0.3, 0.4) is 0 Å². The third kappa shape index (κ3) is 5.54. The van der Waals surface area contributed by atoms with E-state index in [1.807, 2.05) is 16.5 Å². The lowest BCUT2D eigenvalue weighted by Crippen LogP contribution is -2.41. The molecule has 1 amide bonds. The molecule has 6 heteroatoms. The van der Waals surface area contributed by atoms with Gasteiger partial charge >= 0.3 is 0 Å². The molecule has 142 valence electrons. The summed E-state index contributed by atoms with van der Waals surface area (Å²) in [5.74, 6) is 0.746. The first kappa shape index (κ1) is 19.9. The number of rotatable bonds is 8. The number of nitrogens with zero attached hydrogens (tertiary/aromatic N) is 3. The van der Waals surface area contributed by atoms with E-state index in [0.29, 0.717) is 18.9 Å². The van der Waals surface area contributed by atoms with Gasteiger partial charge in [-0.05, 0) is 45.6 Å². The Morgan fingerprint density at radius 1 is 1.32 bits per heavy atom. The van der Waals surface area contributed by atoms with E-state index in [2.05, 4.69) is 25.9 Å². The number of hydrogen-bond acceptors (Lipinski definition) is 4. The second-order valence-corrected chi connectivity index (χ2v) is 7.50. The molecule has 0 radical (unpaired) electrons. The Morgan fingerprint density at radius 2 is 2.00 bits per heavy atom. The van der Waals surface area contributed by atoms with Gasteiger partial charge in [0.2, 0.25) is 5.91 Å². The number of aryl methyl sites for hydroxylation is 1. The molecule has 0 aromatic carbocycles. The predicted molar refractivity (Wildman–Crippen MR) is 99.5 cm³/mol. The molecular weight excluding hydrogens is 316 g/mol. The third-order valence-corrected chi connectivity index (χ3v) is 4.89. The lowest BCUT2D eigenvalue weighted by atomic mass is 10.0. The topological polar surface area (TPSA) is 73.4 Å². The number of amides is 1. The van der Waals surface area contributed by atoms with Crippen molar-refractivity contribution in [3.8, 4) is 0 Å². The van der Waals surface area contributed by atoms with Gasteiger partial charge in [0.25, 0.3) is 0 Å². The molecule has 6 nitrogen and oxygen atoms in total. The summed E-state index contributed by atoms with van der Waals surface area (Å²) in [4.78, 5) is 14.7. The van der Waals surface area contributed by atoms with Crippen LogP contribution in [0.1, 0.15) is 50.1 Å². The molecule has 1 aromatic rings. The van der Waals surface area contributed by atoms with Crippen LogP contribution in [0.2, 0.25) is 0 Å². The molecule has 0 aliphatic carbocycles. The Balaban J connectivity index is 1.88. The zero-order valence-corrected chi connectivity index (χ0v) is 16.3. The molecule has 0 atom stereocenters. The van der Waals surface area contributed by atoms with Gasteiger partial charge in [-0.3, -0.25) is 9.48 Å². The maximum absolute atomic E-state index is 12.7. The van der Waals surface area contributed by atoms with Gasteiger partial charge in [-0.15, -0.1) is 0 Å². The summed E-state index contributed by atoms with van der Waals surface area (Å²) in [5, 5.41) is 4.62. The van der Waals surface area contributed by atoms with E-state index in [1.165, 1.54) is 0 Å². The highest BCUT2D eigenvalue weighted by Crippen LogP contribution is 2.19. The van der Waals surface area contributed by atoms with Crippen molar-refractivity contribution in [2.45, 2.75) is 66.0 Å². The Morgan fingerprint density at radius 3 is 2.60 bits per heavy atom. The number of likely N-dealkylation sites (tertiary alicyclic amines) is 1.